The summed E-state index contributed by atoms with van der Waals surface area (Å²) in [6.45, 7) is 8.67. The lowest BCUT2D eigenvalue weighted by molar-refractivity contribution is -0.135. The lowest BCUT2D eigenvalue weighted by atomic mass is 9.61. The molecule has 1 aliphatic rings. The third-order valence-corrected chi connectivity index (χ3v) is 6.02. The molecule has 0 spiro atoms. The van der Waals surface area contributed by atoms with Crippen molar-refractivity contribution in [2.45, 2.75) is 65.2 Å². The Morgan fingerprint density at radius 1 is 1.04 bits per heavy atom. The van der Waals surface area contributed by atoms with Crippen LogP contribution in [-0.4, -0.2) is 29.7 Å². The monoisotopic (exact) mass is 329 g/mol. The molecule has 0 aliphatic heterocycles. The van der Waals surface area contributed by atoms with E-state index in [9.17, 15) is 9.59 Å². The van der Waals surface area contributed by atoms with Crippen molar-refractivity contribution in [3.63, 3.8) is 0 Å². The molecule has 0 saturated heterocycles. The van der Waals surface area contributed by atoms with Crippen molar-refractivity contribution in [1.82, 2.24) is 4.90 Å². The number of amides is 1. The Morgan fingerprint density at radius 2 is 1.62 bits per heavy atom. The summed E-state index contributed by atoms with van der Waals surface area (Å²) in [4.78, 5) is 25.2. The molecule has 132 valence electrons. The maximum absolute atomic E-state index is 11.9. The standard InChI is InChI=1S/C21H31NO2/c1-5-21(16-22(18(3)24)15-17(2)23)13-11-20(4,12-14-21)19-9-7-6-8-10-19/h6-10H,5,11-16H2,1-4H3. The highest BCUT2D eigenvalue weighted by atomic mass is 16.2. The molecule has 3 heteroatoms. The Labute approximate surface area is 146 Å². The lowest BCUT2D eigenvalue weighted by Gasteiger charge is -2.47. The summed E-state index contributed by atoms with van der Waals surface area (Å²) >= 11 is 0. The number of hydrogen-bond donors (Lipinski definition) is 0. The van der Waals surface area contributed by atoms with Gasteiger partial charge in [0.05, 0.1) is 6.54 Å². The maximum Gasteiger partial charge on any atom is 0.219 e. The third-order valence-electron chi connectivity index (χ3n) is 6.02. The van der Waals surface area contributed by atoms with Crippen molar-refractivity contribution in [1.29, 1.82) is 0 Å². The molecule has 0 bridgehead atoms. The summed E-state index contributed by atoms with van der Waals surface area (Å²) in [5.74, 6) is 0.0656. The van der Waals surface area contributed by atoms with Gasteiger partial charge in [0.25, 0.3) is 0 Å². The van der Waals surface area contributed by atoms with Gasteiger partial charge in [0.2, 0.25) is 5.91 Å². The van der Waals surface area contributed by atoms with Gasteiger partial charge in [-0.25, -0.2) is 0 Å². The highest BCUT2D eigenvalue weighted by Crippen LogP contribution is 2.48. The first kappa shape index (κ1) is 18.7. The van der Waals surface area contributed by atoms with Crippen LogP contribution in [-0.2, 0) is 15.0 Å². The van der Waals surface area contributed by atoms with Gasteiger partial charge in [-0.2, -0.15) is 0 Å². The first-order valence-corrected chi connectivity index (χ1v) is 9.11. The molecule has 0 unspecified atom stereocenters. The zero-order valence-electron chi connectivity index (χ0n) is 15.6. The minimum Gasteiger partial charge on any atom is -0.335 e. The van der Waals surface area contributed by atoms with Crippen molar-refractivity contribution in [2.75, 3.05) is 13.1 Å². The first-order valence-electron chi connectivity index (χ1n) is 9.11. The number of carbonyl (C=O) groups is 2. The molecule has 1 amide bonds. The number of nitrogens with zero attached hydrogens (tertiary/aromatic N) is 1. The van der Waals surface area contributed by atoms with Crippen LogP contribution in [0.25, 0.3) is 0 Å². The van der Waals surface area contributed by atoms with Gasteiger partial charge in [-0.15, -0.1) is 0 Å². The van der Waals surface area contributed by atoms with Crippen LogP contribution in [0.5, 0.6) is 0 Å². The molecule has 0 N–H and O–H groups in total. The van der Waals surface area contributed by atoms with Crippen LogP contribution in [0.2, 0.25) is 0 Å². The van der Waals surface area contributed by atoms with Gasteiger partial charge in [-0.1, -0.05) is 44.2 Å². The molecule has 1 aromatic rings. The highest BCUT2D eigenvalue weighted by Gasteiger charge is 2.41. The molecule has 0 atom stereocenters. The van der Waals surface area contributed by atoms with Crippen LogP contribution in [0.15, 0.2) is 30.3 Å². The molecule has 1 aromatic carbocycles. The molecule has 0 heterocycles. The average molecular weight is 329 g/mol. The third kappa shape index (κ3) is 4.25. The van der Waals surface area contributed by atoms with E-state index in [4.69, 9.17) is 0 Å². The van der Waals surface area contributed by atoms with Crippen molar-refractivity contribution in [3.05, 3.63) is 35.9 Å². The summed E-state index contributed by atoms with van der Waals surface area (Å²) in [6.07, 6.45) is 5.54. The van der Waals surface area contributed by atoms with Gasteiger partial charge in [0, 0.05) is 13.5 Å². The van der Waals surface area contributed by atoms with Crippen LogP contribution in [0, 0.1) is 5.41 Å². The van der Waals surface area contributed by atoms with E-state index >= 15 is 0 Å². The summed E-state index contributed by atoms with van der Waals surface area (Å²) in [5, 5.41) is 0. The molecule has 0 radical (unpaired) electrons. The SMILES string of the molecule is CCC1(CN(CC(C)=O)C(C)=O)CCC(C)(c2ccccc2)CC1. The van der Waals surface area contributed by atoms with Crippen LogP contribution < -0.4 is 0 Å². The largest absolute Gasteiger partial charge is 0.335 e. The van der Waals surface area contributed by atoms with E-state index in [-0.39, 0.29) is 29.1 Å². The Bertz CT molecular complexity index is 571. The van der Waals surface area contributed by atoms with E-state index in [0.29, 0.717) is 6.54 Å². The first-order chi connectivity index (χ1) is 11.3. The maximum atomic E-state index is 11.9. The predicted octanol–water partition coefficient (Wildman–Crippen LogP) is 4.35. The second-order valence-corrected chi connectivity index (χ2v) is 7.86. The average Bonchev–Trinajstić information content (AvgIpc) is 2.57. The number of rotatable bonds is 6. The fourth-order valence-electron chi connectivity index (χ4n) is 4.04. The van der Waals surface area contributed by atoms with E-state index in [1.54, 1.807) is 18.7 Å². The minimum atomic E-state index is 0.00872. The van der Waals surface area contributed by atoms with E-state index in [0.717, 1.165) is 32.1 Å². The van der Waals surface area contributed by atoms with Gasteiger partial charge in [-0.05, 0) is 55.4 Å². The molecule has 1 saturated carbocycles. The summed E-state index contributed by atoms with van der Waals surface area (Å²) in [7, 11) is 0. The topological polar surface area (TPSA) is 37.4 Å². The smallest absolute Gasteiger partial charge is 0.219 e. The van der Waals surface area contributed by atoms with Crippen molar-refractivity contribution in [2.24, 2.45) is 5.41 Å². The molecular formula is C21H31NO2. The number of ketones is 1. The summed E-state index contributed by atoms with van der Waals surface area (Å²) in [5.41, 5.74) is 1.79. The van der Waals surface area contributed by atoms with Crippen molar-refractivity contribution in [3.8, 4) is 0 Å². The molecule has 2 rings (SSSR count). The number of carbonyl (C=O) groups excluding carboxylic acids is 2. The van der Waals surface area contributed by atoms with Gasteiger partial charge < -0.3 is 4.90 Å². The number of Topliss-reactive ketones (excluding diaryl/α,β-unsaturated/α-hetero) is 1. The summed E-state index contributed by atoms with van der Waals surface area (Å²) in [6, 6.07) is 10.8. The second kappa shape index (κ2) is 7.50. The molecule has 0 aromatic heterocycles. The number of benzene rings is 1. The second-order valence-electron chi connectivity index (χ2n) is 7.86. The van der Waals surface area contributed by atoms with Crippen LogP contribution in [0.4, 0.5) is 0 Å². The van der Waals surface area contributed by atoms with E-state index in [1.165, 1.54) is 5.56 Å². The van der Waals surface area contributed by atoms with Crippen molar-refractivity contribution >= 4 is 11.7 Å². The Morgan fingerprint density at radius 3 is 2.08 bits per heavy atom. The van der Waals surface area contributed by atoms with Gasteiger partial charge in [-0.3, -0.25) is 9.59 Å². The molecule has 3 nitrogen and oxygen atoms in total. The Kier molecular flexibility index (Phi) is 5.84. The van der Waals surface area contributed by atoms with Crippen LogP contribution in [0.3, 0.4) is 0 Å². The molecule has 1 fully saturated rings. The van der Waals surface area contributed by atoms with E-state index in [2.05, 4.69) is 44.2 Å². The predicted molar refractivity (Wildman–Crippen MR) is 97.9 cm³/mol. The zero-order valence-corrected chi connectivity index (χ0v) is 15.6. The van der Waals surface area contributed by atoms with Gasteiger partial charge in [0.15, 0.2) is 0 Å². The summed E-state index contributed by atoms with van der Waals surface area (Å²) < 4.78 is 0. The van der Waals surface area contributed by atoms with Crippen LogP contribution >= 0.6 is 0 Å². The zero-order chi connectivity index (χ0) is 17.8. The normalized spacial score (nSPS) is 26.8. The number of hydrogen-bond acceptors (Lipinski definition) is 2. The fraction of sp³-hybridized carbons (Fsp3) is 0.619. The quantitative estimate of drug-likeness (QED) is 0.778. The Hall–Kier alpha value is -1.64. The fourth-order valence-corrected chi connectivity index (χ4v) is 4.04. The van der Waals surface area contributed by atoms with E-state index < -0.39 is 0 Å². The van der Waals surface area contributed by atoms with E-state index in [1.807, 2.05) is 0 Å². The molecular weight excluding hydrogens is 298 g/mol. The van der Waals surface area contributed by atoms with Crippen molar-refractivity contribution < 1.29 is 9.59 Å². The van der Waals surface area contributed by atoms with Gasteiger partial charge >= 0.3 is 0 Å². The Balaban J connectivity index is 2.10. The highest BCUT2D eigenvalue weighted by molar-refractivity contribution is 5.83. The molecule has 1 aliphatic carbocycles. The molecule has 24 heavy (non-hydrogen) atoms. The van der Waals surface area contributed by atoms with Crippen LogP contribution in [0.1, 0.15) is 65.4 Å². The van der Waals surface area contributed by atoms with Gasteiger partial charge in [0.1, 0.15) is 5.78 Å². The minimum absolute atomic E-state index is 0.00872. The lowest BCUT2D eigenvalue weighted by Crippen LogP contribution is -2.45.